The van der Waals surface area contributed by atoms with Crippen LogP contribution in [0, 0.1) is 0 Å². The van der Waals surface area contributed by atoms with Gasteiger partial charge in [0.05, 0.1) is 18.0 Å². The van der Waals surface area contributed by atoms with E-state index in [1.165, 1.54) is 12.2 Å². The quantitative estimate of drug-likeness (QED) is 0.444. The highest BCUT2D eigenvalue weighted by atomic mass is 35.5. The number of carbonyl (C=O) groups is 2. The third kappa shape index (κ3) is 10.2. The second kappa shape index (κ2) is 9.66. The van der Waals surface area contributed by atoms with Crippen molar-refractivity contribution in [1.29, 1.82) is 0 Å². The van der Waals surface area contributed by atoms with E-state index >= 15 is 0 Å². The van der Waals surface area contributed by atoms with Crippen molar-refractivity contribution in [3.63, 3.8) is 0 Å². The van der Waals surface area contributed by atoms with Crippen LogP contribution in [0.15, 0.2) is 12.2 Å². The topological polar surface area (TPSA) is 64.6 Å². The Morgan fingerprint density at radius 1 is 1.29 bits per heavy atom. The highest BCUT2D eigenvalue weighted by Crippen LogP contribution is 2.13. The summed E-state index contributed by atoms with van der Waals surface area (Å²) in [6, 6.07) is -0.308. The molecule has 0 radical (unpaired) electrons. The summed E-state index contributed by atoms with van der Waals surface area (Å²) in [6.07, 6.45) is 3.81. The lowest BCUT2D eigenvalue weighted by Gasteiger charge is -2.25. The van der Waals surface area contributed by atoms with E-state index in [9.17, 15) is 9.59 Å². The van der Waals surface area contributed by atoms with E-state index in [2.05, 4.69) is 5.32 Å². The molecule has 1 amide bonds. The molecule has 0 fully saturated rings. The van der Waals surface area contributed by atoms with Gasteiger partial charge in [0.25, 0.3) is 0 Å². The normalized spacial score (nSPS) is 14.6. The predicted molar refractivity (Wildman–Crippen MR) is 83.5 cm³/mol. The number of halogens is 1. The molecule has 0 saturated carbocycles. The van der Waals surface area contributed by atoms with Crippen LogP contribution in [0.25, 0.3) is 0 Å². The molecule has 0 aliphatic rings. The molecule has 0 bridgehead atoms. The van der Waals surface area contributed by atoms with Gasteiger partial charge in [-0.2, -0.15) is 0 Å². The lowest BCUT2D eigenvalue weighted by Crippen LogP contribution is -2.43. The second-order valence-electron chi connectivity index (χ2n) is 5.60. The molecule has 0 rings (SSSR count). The van der Waals surface area contributed by atoms with E-state index < -0.39 is 23.0 Å². The SMILES string of the molecule is CCC[C@@H](NC(=O)OC(C)(C)C)[C@H](Cl)/C=C/C(=O)OCC. The zero-order valence-electron chi connectivity index (χ0n) is 13.4. The zero-order valence-corrected chi connectivity index (χ0v) is 14.2. The van der Waals surface area contributed by atoms with Gasteiger partial charge in [-0.3, -0.25) is 0 Å². The van der Waals surface area contributed by atoms with Crippen molar-refractivity contribution in [2.45, 2.75) is 64.5 Å². The summed E-state index contributed by atoms with van der Waals surface area (Å²) < 4.78 is 9.99. The largest absolute Gasteiger partial charge is 0.463 e. The Bertz CT molecular complexity index is 363. The Hall–Kier alpha value is -1.23. The number of amides is 1. The Kier molecular flexibility index (Phi) is 9.09. The molecule has 0 aromatic heterocycles. The second-order valence-corrected chi connectivity index (χ2v) is 6.10. The molecular formula is C15H26ClNO4. The fourth-order valence-electron chi connectivity index (χ4n) is 1.58. The molecule has 21 heavy (non-hydrogen) atoms. The first-order valence-corrected chi connectivity index (χ1v) is 7.61. The van der Waals surface area contributed by atoms with E-state index in [-0.39, 0.29) is 6.04 Å². The molecule has 0 heterocycles. The van der Waals surface area contributed by atoms with Crippen LogP contribution in [-0.2, 0) is 14.3 Å². The minimum Gasteiger partial charge on any atom is -0.463 e. The molecule has 5 nitrogen and oxygen atoms in total. The standard InChI is InChI=1S/C15H26ClNO4/c1-6-8-12(17-14(19)21-15(3,4)5)11(16)9-10-13(18)20-7-2/h9-12H,6-8H2,1-5H3,(H,17,19)/b10-9+/t11-,12-/m1/s1. The summed E-state index contributed by atoms with van der Waals surface area (Å²) in [5.41, 5.74) is -0.566. The van der Waals surface area contributed by atoms with Gasteiger partial charge in [0.15, 0.2) is 0 Å². The van der Waals surface area contributed by atoms with Gasteiger partial charge in [0, 0.05) is 6.08 Å². The average Bonchev–Trinajstić information content (AvgIpc) is 2.33. The Balaban J connectivity index is 4.59. The van der Waals surface area contributed by atoms with Gasteiger partial charge < -0.3 is 14.8 Å². The molecule has 0 unspecified atom stereocenters. The molecule has 0 aromatic rings. The first-order valence-electron chi connectivity index (χ1n) is 7.18. The van der Waals surface area contributed by atoms with Crippen molar-refractivity contribution < 1.29 is 19.1 Å². The first-order chi connectivity index (χ1) is 9.69. The van der Waals surface area contributed by atoms with E-state index in [0.29, 0.717) is 13.0 Å². The number of nitrogens with one attached hydrogen (secondary N) is 1. The summed E-state index contributed by atoms with van der Waals surface area (Å²) in [5, 5.41) is 2.22. The van der Waals surface area contributed by atoms with Gasteiger partial charge in [0.2, 0.25) is 0 Å². The fourth-order valence-corrected chi connectivity index (χ4v) is 1.84. The highest BCUT2D eigenvalue weighted by molar-refractivity contribution is 6.22. The maximum absolute atomic E-state index is 11.8. The fraction of sp³-hybridized carbons (Fsp3) is 0.733. The van der Waals surface area contributed by atoms with Crippen molar-refractivity contribution in [3.05, 3.63) is 12.2 Å². The third-order valence-corrected chi connectivity index (χ3v) is 2.84. The van der Waals surface area contributed by atoms with Crippen LogP contribution in [-0.4, -0.2) is 35.7 Å². The Morgan fingerprint density at radius 2 is 1.90 bits per heavy atom. The lowest BCUT2D eigenvalue weighted by molar-refractivity contribution is -0.137. The number of rotatable bonds is 7. The van der Waals surface area contributed by atoms with Crippen LogP contribution < -0.4 is 5.32 Å². The van der Waals surface area contributed by atoms with Crippen molar-refractivity contribution in [1.82, 2.24) is 5.32 Å². The summed E-state index contributed by atoms with van der Waals surface area (Å²) in [5.74, 6) is -0.448. The molecule has 1 N–H and O–H groups in total. The van der Waals surface area contributed by atoms with Crippen LogP contribution in [0.3, 0.4) is 0 Å². The number of hydrogen-bond acceptors (Lipinski definition) is 4. The number of ether oxygens (including phenoxy) is 2. The summed E-state index contributed by atoms with van der Waals surface area (Å²) in [4.78, 5) is 23.0. The third-order valence-electron chi connectivity index (χ3n) is 2.39. The van der Waals surface area contributed by atoms with Crippen molar-refractivity contribution >= 4 is 23.7 Å². The van der Waals surface area contributed by atoms with Gasteiger partial charge >= 0.3 is 12.1 Å². The van der Waals surface area contributed by atoms with Gasteiger partial charge in [-0.1, -0.05) is 19.4 Å². The minimum absolute atomic E-state index is 0.308. The Morgan fingerprint density at radius 3 is 2.38 bits per heavy atom. The van der Waals surface area contributed by atoms with Crippen molar-refractivity contribution in [3.8, 4) is 0 Å². The molecule has 0 aliphatic heterocycles. The molecular weight excluding hydrogens is 294 g/mol. The highest BCUT2D eigenvalue weighted by Gasteiger charge is 2.22. The number of alkyl halides is 1. The number of alkyl carbamates (subject to hydrolysis) is 1. The van der Waals surface area contributed by atoms with Crippen LogP contribution in [0.5, 0.6) is 0 Å². The van der Waals surface area contributed by atoms with E-state index in [1.54, 1.807) is 27.7 Å². The average molecular weight is 320 g/mol. The zero-order chi connectivity index (χ0) is 16.5. The molecule has 0 aliphatic carbocycles. The van der Waals surface area contributed by atoms with E-state index in [1.807, 2.05) is 6.92 Å². The maximum Gasteiger partial charge on any atom is 0.407 e. The lowest BCUT2D eigenvalue weighted by atomic mass is 10.1. The predicted octanol–water partition coefficient (Wildman–Crippen LogP) is 3.41. The molecule has 0 spiro atoms. The number of hydrogen-bond donors (Lipinski definition) is 1. The molecule has 0 saturated heterocycles. The first kappa shape index (κ1) is 19.8. The maximum atomic E-state index is 11.8. The number of esters is 1. The summed E-state index contributed by atoms with van der Waals surface area (Å²) in [7, 11) is 0. The Labute approximate surface area is 132 Å². The van der Waals surface area contributed by atoms with Crippen LogP contribution >= 0.6 is 11.6 Å². The van der Waals surface area contributed by atoms with Gasteiger partial charge in [-0.05, 0) is 34.1 Å². The monoisotopic (exact) mass is 319 g/mol. The summed E-state index contributed by atoms with van der Waals surface area (Å²) in [6.45, 7) is 9.40. The van der Waals surface area contributed by atoms with E-state index in [0.717, 1.165) is 6.42 Å². The van der Waals surface area contributed by atoms with Gasteiger partial charge in [-0.15, -0.1) is 11.6 Å². The van der Waals surface area contributed by atoms with E-state index in [4.69, 9.17) is 21.1 Å². The van der Waals surface area contributed by atoms with Gasteiger partial charge in [-0.25, -0.2) is 9.59 Å². The summed E-state index contributed by atoms with van der Waals surface area (Å²) >= 11 is 6.22. The van der Waals surface area contributed by atoms with Crippen molar-refractivity contribution in [2.75, 3.05) is 6.61 Å². The molecule has 0 aromatic carbocycles. The van der Waals surface area contributed by atoms with Crippen LogP contribution in [0.2, 0.25) is 0 Å². The molecule has 2 atom stereocenters. The van der Waals surface area contributed by atoms with Gasteiger partial charge in [0.1, 0.15) is 5.60 Å². The smallest absolute Gasteiger partial charge is 0.407 e. The van der Waals surface area contributed by atoms with Crippen molar-refractivity contribution in [2.24, 2.45) is 0 Å². The number of carbonyl (C=O) groups excluding carboxylic acids is 2. The minimum atomic E-state index is -0.566. The molecule has 6 heteroatoms. The van der Waals surface area contributed by atoms with Crippen LogP contribution in [0.1, 0.15) is 47.5 Å². The molecule has 122 valence electrons. The van der Waals surface area contributed by atoms with Crippen LogP contribution in [0.4, 0.5) is 4.79 Å².